The first-order chi connectivity index (χ1) is 11.2. The van der Waals surface area contributed by atoms with E-state index in [2.05, 4.69) is 54.4 Å². The van der Waals surface area contributed by atoms with Gasteiger partial charge in [0.1, 0.15) is 0 Å². The Kier molecular flexibility index (Phi) is 17.7. The lowest BCUT2D eigenvalue weighted by Crippen LogP contribution is -2.12. The summed E-state index contributed by atoms with van der Waals surface area (Å²) in [4.78, 5) is 0. The smallest absolute Gasteiger partial charge is 0.0195 e. The second-order valence-corrected chi connectivity index (χ2v) is 7.85. The van der Waals surface area contributed by atoms with Gasteiger partial charge >= 0.3 is 0 Å². The van der Waals surface area contributed by atoms with Crippen molar-refractivity contribution >= 4 is 22.6 Å². The van der Waals surface area contributed by atoms with Crippen molar-refractivity contribution < 1.29 is 0 Å². The predicted molar refractivity (Wildman–Crippen MR) is 116 cm³/mol. The third-order valence-corrected chi connectivity index (χ3v) is 6.07. The number of hydrogen-bond donors (Lipinski definition) is 0. The first-order valence-electron chi connectivity index (χ1n) is 10.5. The van der Waals surface area contributed by atoms with Crippen LogP contribution in [-0.2, 0) is 0 Å². The number of rotatable bonds is 16. The summed E-state index contributed by atoms with van der Waals surface area (Å²) in [5, 5.41) is 0. The molecule has 138 valence electrons. The van der Waals surface area contributed by atoms with Gasteiger partial charge in [0.15, 0.2) is 0 Å². The van der Waals surface area contributed by atoms with Crippen LogP contribution in [0.25, 0.3) is 0 Å². The van der Waals surface area contributed by atoms with Gasteiger partial charge in [0.25, 0.3) is 0 Å². The second kappa shape index (κ2) is 17.3. The number of unbranched alkanes of at least 4 members (excludes halogenated alkanes) is 8. The van der Waals surface area contributed by atoms with E-state index in [0.717, 1.165) is 11.8 Å². The molecule has 0 saturated heterocycles. The number of allylic oxidation sites excluding steroid dienone is 1. The maximum absolute atomic E-state index is 2.49. The lowest BCUT2D eigenvalue weighted by atomic mass is 9.81. The van der Waals surface area contributed by atoms with E-state index < -0.39 is 0 Å². The van der Waals surface area contributed by atoms with E-state index in [0.29, 0.717) is 0 Å². The molecule has 0 aromatic carbocycles. The fraction of sp³-hybridized carbons (Fsp3) is 0.909. The third-order valence-electron chi connectivity index (χ3n) is 5.35. The van der Waals surface area contributed by atoms with Crippen LogP contribution in [0.3, 0.4) is 0 Å². The molecule has 0 heterocycles. The summed E-state index contributed by atoms with van der Waals surface area (Å²) in [5.74, 6) is 1.67. The highest BCUT2D eigenvalue weighted by atomic mass is 127. The molecular formula is C22H43I. The molecule has 0 radical (unpaired) electrons. The topological polar surface area (TPSA) is 0 Å². The Hall–Kier alpha value is 0.470. The SMILES string of the molecule is CCCCCCCCCCC[C@@H](CC)/C(=C/I)[C@@H](CC)CCC. The average Bonchev–Trinajstić information content (AvgIpc) is 2.58. The van der Waals surface area contributed by atoms with Gasteiger partial charge in [0.05, 0.1) is 0 Å². The van der Waals surface area contributed by atoms with Crippen molar-refractivity contribution in [3.05, 3.63) is 9.66 Å². The molecular weight excluding hydrogens is 391 g/mol. The quantitative estimate of drug-likeness (QED) is 0.168. The standard InChI is InChI=1S/C22H43I/c1-5-9-10-11-12-13-14-15-16-18-21(8-4)22(19-23)20(7-3)17-6-2/h19-21H,5-18H2,1-4H3/b22-19+/t20-,21+/m0/s1. The molecule has 0 aliphatic carbocycles. The monoisotopic (exact) mass is 434 g/mol. The maximum Gasteiger partial charge on any atom is -0.0195 e. The Bertz CT molecular complexity index is 269. The van der Waals surface area contributed by atoms with Gasteiger partial charge in [-0.15, -0.1) is 0 Å². The van der Waals surface area contributed by atoms with Crippen LogP contribution in [0.5, 0.6) is 0 Å². The highest BCUT2D eigenvalue weighted by Gasteiger charge is 2.19. The summed E-state index contributed by atoms with van der Waals surface area (Å²) in [6.07, 6.45) is 19.7. The zero-order chi connectivity index (χ0) is 17.3. The van der Waals surface area contributed by atoms with Gasteiger partial charge in [0.2, 0.25) is 0 Å². The lowest BCUT2D eigenvalue weighted by molar-refractivity contribution is 0.416. The molecule has 0 aliphatic rings. The van der Waals surface area contributed by atoms with E-state index >= 15 is 0 Å². The highest BCUT2D eigenvalue weighted by Crippen LogP contribution is 2.33. The van der Waals surface area contributed by atoms with Crippen molar-refractivity contribution in [2.24, 2.45) is 11.8 Å². The first kappa shape index (κ1) is 23.5. The molecule has 0 N–H and O–H groups in total. The van der Waals surface area contributed by atoms with Crippen molar-refractivity contribution in [3.8, 4) is 0 Å². The first-order valence-corrected chi connectivity index (χ1v) is 11.8. The second-order valence-electron chi connectivity index (χ2n) is 7.23. The summed E-state index contributed by atoms with van der Waals surface area (Å²) >= 11 is 2.49. The van der Waals surface area contributed by atoms with Crippen LogP contribution in [0.4, 0.5) is 0 Å². The Balaban J connectivity index is 3.95. The molecule has 0 amide bonds. The molecule has 23 heavy (non-hydrogen) atoms. The normalized spacial score (nSPS) is 14.9. The van der Waals surface area contributed by atoms with Gasteiger partial charge in [-0.05, 0) is 41.6 Å². The van der Waals surface area contributed by atoms with Crippen LogP contribution in [-0.4, -0.2) is 0 Å². The van der Waals surface area contributed by atoms with Crippen molar-refractivity contribution in [1.82, 2.24) is 0 Å². The summed E-state index contributed by atoms with van der Waals surface area (Å²) < 4.78 is 2.42. The van der Waals surface area contributed by atoms with Gasteiger partial charge in [0, 0.05) is 0 Å². The minimum atomic E-state index is 0.834. The van der Waals surface area contributed by atoms with Crippen LogP contribution in [0.2, 0.25) is 0 Å². The molecule has 1 heteroatoms. The fourth-order valence-electron chi connectivity index (χ4n) is 3.77. The summed E-state index contributed by atoms with van der Waals surface area (Å²) in [7, 11) is 0. The molecule has 0 bridgehead atoms. The molecule has 0 spiro atoms. The number of hydrogen-bond acceptors (Lipinski definition) is 0. The summed E-state index contributed by atoms with van der Waals surface area (Å²) in [6.45, 7) is 9.38. The Morgan fingerprint density at radius 1 is 0.652 bits per heavy atom. The van der Waals surface area contributed by atoms with Crippen molar-refractivity contribution in [2.45, 2.75) is 118 Å². The Labute approximate surface area is 161 Å². The molecule has 0 unspecified atom stereocenters. The molecule has 0 saturated carbocycles. The molecule has 0 nitrogen and oxygen atoms in total. The molecule has 0 aliphatic heterocycles. The average molecular weight is 434 g/mol. The van der Waals surface area contributed by atoms with Gasteiger partial charge in [-0.1, -0.05) is 120 Å². The Morgan fingerprint density at radius 2 is 1.13 bits per heavy atom. The molecule has 2 atom stereocenters. The van der Waals surface area contributed by atoms with Crippen LogP contribution in [0.15, 0.2) is 9.66 Å². The molecule has 0 rings (SSSR count). The summed E-state index contributed by atoms with van der Waals surface area (Å²) in [5.41, 5.74) is 1.76. The van der Waals surface area contributed by atoms with E-state index in [1.165, 1.54) is 89.9 Å². The van der Waals surface area contributed by atoms with Crippen molar-refractivity contribution in [2.75, 3.05) is 0 Å². The van der Waals surface area contributed by atoms with E-state index in [1.807, 2.05) is 0 Å². The van der Waals surface area contributed by atoms with Gasteiger partial charge < -0.3 is 0 Å². The number of halogens is 1. The van der Waals surface area contributed by atoms with Crippen LogP contribution in [0.1, 0.15) is 118 Å². The van der Waals surface area contributed by atoms with Crippen LogP contribution >= 0.6 is 22.6 Å². The Morgan fingerprint density at radius 3 is 1.57 bits per heavy atom. The van der Waals surface area contributed by atoms with Crippen molar-refractivity contribution in [1.29, 1.82) is 0 Å². The van der Waals surface area contributed by atoms with E-state index in [1.54, 1.807) is 5.57 Å². The maximum atomic E-state index is 2.49. The molecule has 0 aromatic rings. The van der Waals surface area contributed by atoms with E-state index in [9.17, 15) is 0 Å². The highest BCUT2D eigenvalue weighted by molar-refractivity contribution is 14.1. The van der Waals surface area contributed by atoms with E-state index in [4.69, 9.17) is 0 Å². The predicted octanol–water partition coefficient (Wildman–Crippen LogP) is 9.08. The minimum Gasteiger partial charge on any atom is -0.0654 e. The fourth-order valence-corrected chi connectivity index (χ4v) is 4.79. The lowest BCUT2D eigenvalue weighted by Gasteiger charge is -2.26. The molecule has 0 aromatic heterocycles. The van der Waals surface area contributed by atoms with Crippen LogP contribution in [0, 0.1) is 11.8 Å². The van der Waals surface area contributed by atoms with Gasteiger partial charge in [-0.25, -0.2) is 0 Å². The van der Waals surface area contributed by atoms with Gasteiger partial charge in [-0.2, -0.15) is 0 Å². The van der Waals surface area contributed by atoms with Crippen LogP contribution < -0.4 is 0 Å². The van der Waals surface area contributed by atoms with E-state index in [-0.39, 0.29) is 0 Å². The molecule has 0 fully saturated rings. The summed E-state index contributed by atoms with van der Waals surface area (Å²) in [6, 6.07) is 0. The largest absolute Gasteiger partial charge is 0.0654 e. The van der Waals surface area contributed by atoms with Crippen molar-refractivity contribution in [3.63, 3.8) is 0 Å². The zero-order valence-corrected chi connectivity index (χ0v) is 18.7. The zero-order valence-electron chi connectivity index (χ0n) is 16.5. The minimum absolute atomic E-state index is 0.834. The van der Waals surface area contributed by atoms with Gasteiger partial charge in [-0.3, -0.25) is 0 Å². The third kappa shape index (κ3) is 11.6.